The molecule has 20 heavy (non-hydrogen) atoms. The summed E-state index contributed by atoms with van der Waals surface area (Å²) < 4.78 is 27.6. The lowest BCUT2D eigenvalue weighted by Crippen LogP contribution is -2.44. The van der Waals surface area contributed by atoms with Gasteiger partial charge in [0.15, 0.2) is 4.21 Å². The van der Waals surface area contributed by atoms with Crippen molar-refractivity contribution < 1.29 is 8.42 Å². The van der Waals surface area contributed by atoms with Crippen molar-refractivity contribution in [2.45, 2.75) is 62.2 Å². The molecule has 5 nitrogen and oxygen atoms in total. The first-order valence-corrected chi connectivity index (χ1v) is 9.40. The summed E-state index contributed by atoms with van der Waals surface area (Å²) in [4.78, 5) is 4.08. The van der Waals surface area contributed by atoms with Crippen molar-refractivity contribution >= 4 is 21.4 Å². The summed E-state index contributed by atoms with van der Waals surface area (Å²) in [5.41, 5.74) is 5.92. The smallest absolute Gasteiger partial charge is 0.254 e. The summed E-state index contributed by atoms with van der Waals surface area (Å²) in [6, 6.07) is 0.310. The molecule has 1 aliphatic rings. The third-order valence-corrected chi connectivity index (χ3v) is 7.06. The van der Waals surface area contributed by atoms with Crippen LogP contribution in [0, 0.1) is 6.92 Å². The van der Waals surface area contributed by atoms with Crippen molar-refractivity contribution in [2.75, 3.05) is 6.54 Å². The Hall–Kier alpha value is -0.500. The summed E-state index contributed by atoms with van der Waals surface area (Å²) in [6.07, 6.45) is 5.83. The van der Waals surface area contributed by atoms with Gasteiger partial charge in [-0.25, -0.2) is 13.4 Å². The van der Waals surface area contributed by atoms with E-state index in [-0.39, 0.29) is 12.1 Å². The Labute approximate surface area is 125 Å². The molecule has 1 aromatic rings. The highest BCUT2D eigenvalue weighted by Gasteiger charge is 2.34. The molecule has 0 radical (unpaired) electrons. The van der Waals surface area contributed by atoms with Gasteiger partial charge < -0.3 is 5.73 Å². The molecule has 1 heterocycles. The molecule has 1 saturated carbocycles. The van der Waals surface area contributed by atoms with Gasteiger partial charge in [0.1, 0.15) is 0 Å². The molecule has 1 aromatic heterocycles. The molecule has 114 valence electrons. The first-order chi connectivity index (χ1) is 9.45. The second kappa shape index (κ2) is 6.51. The van der Waals surface area contributed by atoms with Crippen LogP contribution in [-0.2, 0) is 10.0 Å². The van der Waals surface area contributed by atoms with E-state index in [9.17, 15) is 8.42 Å². The van der Waals surface area contributed by atoms with Crippen LogP contribution in [0.1, 0.15) is 44.0 Å². The number of nitrogens with two attached hydrogens (primary N) is 1. The molecule has 0 aromatic carbocycles. The molecule has 1 aliphatic carbocycles. The van der Waals surface area contributed by atoms with Crippen LogP contribution < -0.4 is 5.73 Å². The summed E-state index contributed by atoms with van der Waals surface area (Å²) in [5.74, 6) is 0. The Kier molecular flexibility index (Phi) is 5.17. The largest absolute Gasteiger partial charge is 0.328 e. The zero-order chi connectivity index (χ0) is 14.8. The average Bonchev–Trinajstić information content (AvgIpc) is 2.84. The van der Waals surface area contributed by atoms with Crippen LogP contribution in [-0.4, -0.2) is 36.3 Å². The Morgan fingerprint density at radius 1 is 1.40 bits per heavy atom. The van der Waals surface area contributed by atoms with Gasteiger partial charge in [0.25, 0.3) is 10.0 Å². The number of thiazole rings is 1. The van der Waals surface area contributed by atoms with Crippen LogP contribution in [0.2, 0.25) is 0 Å². The van der Waals surface area contributed by atoms with Gasteiger partial charge in [-0.1, -0.05) is 6.92 Å². The van der Waals surface area contributed by atoms with Crippen molar-refractivity contribution in [3.63, 3.8) is 0 Å². The number of aromatic nitrogens is 1. The van der Waals surface area contributed by atoms with Crippen LogP contribution >= 0.6 is 11.3 Å². The quantitative estimate of drug-likeness (QED) is 0.902. The minimum atomic E-state index is -3.41. The normalized spacial score (nSPS) is 24.2. The zero-order valence-electron chi connectivity index (χ0n) is 12.1. The van der Waals surface area contributed by atoms with Crippen LogP contribution in [0.4, 0.5) is 0 Å². The first kappa shape index (κ1) is 15.9. The van der Waals surface area contributed by atoms with Gasteiger partial charge in [-0.15, -0.1) is 11.3 Å². The molecular weight excluding hydrogens is 294 g/mol. The van der Waals surface area contributed by atoms with Crippen molar-refractivity contribution in [1.29, 1.82) is 0 Å². The Morgan fingerprint density at radius 2 is 2.05 bits per heavy atom. The van der Waals surface area contributed by atoms with E-state index in [1.54, 1.807) is 4.31 Å². The molecule has 0 spiro atoms. The standard InChI is InChI=1S/C13H23N3O2S2/c1-3-8-16(12-6-4-11(14)5-7-12)20(17,18)13-9-15-10(2)19-13/h9,11-12H,3-8,14H2,1-2H3. The van der Waals surface area contributed by atoms with E-state index in [2.05, 4.69) is 4.98 Å². The number of nitrogens with zero attached hydrogens (tertiary/aromatic N) is 2. The lowest BCUT2D eigenvalue weighted by atomic mass is 9.92. The maximum atomic E-state index is 12.8. The predicted octanol–water partition coefficient (Wildman–Crippen LogP) is 2.12. The van der Waals surface area contributed by atoms with Gasteiger partial charge in [0, 0.05) is 18.6 Å². The molecule has 0 bridgehead atoms. The minimum absolute atomic E-state index is 0.0853. The number of hydrogen-bond donors (Lipinski definition) is 1. The molecule has 0 saturated heterocycles. The Bertz CT molecular complexity index is 534. The molecule has 0 unspecified atom stereocenters. The summed E-state index contributed by atoms with van der Waals surface area (Å²) >= 11 is 1.25. The van der Waals surface area contributed by atoms with E-state index < -0.39 is 10.0 Å². The maximum absolute atomic E-state index is 12.8. The molecule has 0 atom stereocenters. The lowest BCUT2D eigenvalue weighted by molar-refractivity contribution is 0.240. The number of aryl methyl sites for hydroxylation is 1. The second-order valence-corrected chi connectivity index (χ2v) is 8.73. The van der Waals surface area contributed by atoms with Crippen molar-refractivity contribution in [1.82, 2.24) is 9.29 Å². The van der Waals surface area contributed by atoms with Crippen LogP contribution in [0.5, 0.6) is 0 Å². The van der Waals surface area contributed by atoms with Crippen molar-refractivity contribution in [2.24, 2.45) is 5.73 Å². The fourth-order valence-electron chi connectivity index (χ4n) is 2.69. The molecular formula is C13H23N3O2S2. The van der Waals surface area contributed by atoms with E-state index >= 15 is 0 Å². The van der Waals surface area contributed by atoms with Gasteiger partial charge >= 0.3 is 0 Å². The number of sulfonamides is 1. The van der Waals surface area contributed by atoms with E-state index in [4.69, 9.17) is 5.73 Å². The molecule has 2 N–H and O–H groups in total. The summed E-state index contributed by atoms with van der Waals surface area (Å²) in [6.45, 7) is 4.40. The van der Waals surface area contributed by atoms with E-state index in [0.29, 0.717) is 10.8 Å². The average molecular weight is 317 g/mol. The highest BCUT2D eigenvalue weighted by Crippen LogP contribution is 2.29. The highest BCUT2D eigenvalue weighted by atomic mass is 32.2. The van der Waals surface area contributed by atoms with Crippen LogP contribution in [0.3, 0.4) is 0 Å². The van der Waals surface area contributed by atoms with Crippen molar-refractivity contribution in [3.05, 3.63) is 11.2 Å². The van der Waals surface area contributed by atoms with Gasteiger partial charge in [-0.3, -0.25) is 0 Å². The topological polar surface area (TPSA) is 76.3 Å². The number of hydrogen-bond acceptors (Lipinski definition) is 5. The van der Waals surface area contributed by atoms with Crippen LogP contribution in [0.25, 0.3) is 0 Å². The van der Waals surface area contributed by atoms with Gasteiger partial charge in [-0.05, 0) is 39.0 Å². The predicted molar refractivity (Wildman–Crippen MR) is 81.3 cm³/mol. The van der Waals surface area contributed by atoms with Crippen molar-refractivity contribution in [3.8, 4) is 0 Å². The monoisotopic (exact) mass is 317 g/mol. The molecule has 7 heteroatoms. The number of rotatable bonds is 5. The van der Waals surface area contributed by atoms with E-state index in [1.807, 2.05) is 13.8 Å². The molecule has 1 fully saturated rings. The summed E-state index contributed by atoms with van der Waals surface area (Å²) in [7, 11) is -3.41. The molecule has 0 amide bonds. The molecule has 2 rings (SSSR count). The Balaban J connectivity index is 2.23. The maximum Gasteiger partial charge on any atom is 0.254 e. The lowest BCUT2D eigenvalue weighted by Gasteiger charge is -2.34. The highest BCUT2D eigenvalue weighted by molar-refractivity contribution is 7.91. The third-order valence-electron chi connectivity index (χ3n) is 3.76. The van der Waals surface area contributed by atoms with E-state index in [0.717, 1.165) is 37.1 Å². The molecule has 0 aliphatic heterocycles. The summed E-state index contributed by atoms with van der Waals surface area (Å²) in [5, 5.41) is 0.783. The van der Waals surface area contributed by atoms with Gasteiger partial charge in [0.2, 0.25) is 0 Å². The van der Waals surface area contributed by atoms with Gasteiger partial charge in [0.05, 0.1) is 11.2 Å². The minimum Gasteiger partial charge on any atom is -0.328 e. The fraction of sp³-hybridized carbons (Fsp3) is 0.769. The van der Waals surface area contributed by atoms with Gasteiger partial charge in [-0.2, -0.15) is 4.31 Å². The zero-order valence-corrected chi connectivity index (χ0v) is 13.7. The second-order valence-electron chi connectivity index (χ2n) is 5.38. The third kappa shape index (κ3) is 3.39. The fourth-order valence-corrected chi connectivity index (χ4v) is 5.70. The first-order valence-electron chi connectivity index (χ1n) is 7.15. The van der Waals surface area contributed by atoms with E-state index in [1.165, 1.54) is 17.5 Å². The van der Waals surface area contributed by atoms with Crippen LogP contribution in [0.15, 0.2) is 10.4 Å². The Morgan fingerprint density at radius 3 is 2.55 bits per heavy atom. The SMILES string of the molecule is CCCN(C1CCC(N)CC1)S(=O)(=O)c1cnc(C)s1.